The molecule has 0 radical (unpaired) electrons. The summed E-state index contributed by atoms with van der Waals surface area (Å²) >= 11 is 5.96. The summed E-state index contributed by atoms with van der Waals surface area (Å²) in [6.45, 7) is 4.09. The Morgan fingerprint density at radius 1 is 1.41 bits per heavy atom. The van der Waals surface area contributed by atoms with E-state index in [1.165, 1.54) is 6.07 Å². The van der Waals surface area contributed by atoms with Crippen molar-refractivity contribution in [1.29, 1.82) is 0 Å². The van der Waals surface area contributed by atoms with Gasteiger partial charge in [-0.15, -0.1) is 11.6 Å². The van der Waals surface area contributed by atoms with Crippen molar-refractivity contribution in [1.82, 2.24) is 0 Å². The van der Waals surface area contributed by atoms with Gasteiger partial charge in [0.1, 0.15) is 5.82 Å². The molecule has 0 aromatic heterocycles. The van der Waals surface area contributed by atoms with Gasteiger partial charge >= 0.3 is 0 Å². The van der Waals surface area contributed by atoms with E-state index in [4.69, 9.17) is 16.3 Å². The van der Waals surface area contributed by atoms with Gasteiger partial charge in [0.25, 0.3) is 0 Å². The zero-order chi connectivity index (χ0) is 12.9. The lowest BCUT2D eigenvalue weighted by Gasteiger charge is -2.25. The first-order valence-electron chi connectivity index (χ1n) is 5.85. The number of methoxy groups -OCH3 is 1. The molecule has 0 spiro atoms. The number of alkyl halides is 1. The van der Waals surface area contributed by atoms with E-state index in [-0.39, 0.29) is 17.3 Å². The Morgan fingerprint density at radius 2 is 2.12 bits per heavy atom. The van der Waals surface area contributed by atoms with Crippen molar-refractivity contribution in [3.63, 3.8) is 0 Å². The van der Waals surface area contributed by atoms with E-state index in [0.29, 0.717) is 5.88 Å². The first-order valence-corrected chi connectivity index (χ1v) is 6.38. The van der Waals surface area contributed by atoms with E-state index in [1.54, 1.807) is 19.2 Å². The maximum absolute atomic E-state index is 13.1. The standard InChI is InChI=1S/C14H20ClFO/c1-14(2,17-3)8-7-12(10-15)11-5-4-6-13(16)9-11/h4-6,9,12H,7-8,10H2,1-3H3. The molecular weight excluding hydrogens is 239 g/mol. The van der Waals surface area contributed by atoms with Gasteiger partial charge in [-0.1, -0.05) is 12.1 Å². The van der Waals surface area contributed by atoms with E-state index in [2.05, 4.69) is 0 Å². The van der Waals surface area contributed by atoms with E-state index in [9.17, 15) is 4.39 Å². The highest BCUT2D eigenvalue weighted by atomic mass is 35.5. The maximum atomic E-state index is 13.1. The fourth-order valence-electron chi connectivity index (χ4n) is 1.72. The second-order valence-electron chi connectivity index (χ2n) is 4.91. The summed E-state index contributed by atoms with van der Waals surface area (Å²) in [6.07, 6.45) is 1.80. The Bertz CT molecular complexity index is 352. The van der Waals surface area contributed by atoms with Crippen LogP contribution in [0.4, 0.5) is 4.39 Å². The number of benzene rings is 1. The van der Waals surface area contributed by atoms with Gasteiger partial charge in [-0.3, -0.25) is 0 Å². The van der Waals surface area contributed by atoms with Gasteiger partial charge in [-0.2, -0.15) is 0 Å². The molecule has 96 valence electrons. The van der Waals surface area contributed by atoms with Crippen molar-refractivity contribution in [3.05, 3.63) is 35.6 Å². The van der Waals surface area contributed by atoms with E-state index in [1.807, 2.05) is 19.9 Å². The minimum Gasteiger partial charge on any atom is -0.379 e. The van der Waals surface area contributed by atoms with Gasteiger partial charge in [0.15, 0.2) is 0 Å². The monoisotopic (exact) mass is 258 g/mol. The highest BCUT2D eigenvalue weighted by Crippen LogP contribution is 2.27. The molecule has 0 saturated heterocycles. The molecule has 0 saturated carbocycles. The van der Waals surface area contributed by atoms with Crippen LogP contribution in [0.1, 0.15) is 38.2 Å². The molecule has 1 atom stereocenters. The lowest BCUT2D eigenvalue weighted by atomic mass is 9.91. The Balaban J connectivity index is 2.66. The zero-order valence-corrected chi connectivity index (χ0v) is 11.4. The Hall–Kier alpha value is -0.600. The fraction of sp³-hybridized carbons (Fsp3) is 0.571. The average molecular weight is 259 g/mol. The molecule has 17 heavy (non-hydrogen) atoms. The van der Waals surface area contributed by atoms with Crippen LogP contribution in [0.25, 0.3) is 0 Å². The second-order valence-corrected chi connectivity index (χ2v) is 5.22. The van der Waals surface area contributed by atoms with Crippen LogP contribution in [0.15, 0.2) is 24.3 Å². The van der Waals surface area contributed by atoms with Gasteiger partial charge in [-0.25, -0.2) is 4.39 Å². The summed E-state index contributed by atoms with van der Waals surface area (Å²) in [5.74, 6) is 0.480. The van der Waals surface area contributed by atoms with Crippen LogP contribution in [0, 0.1) is 5.82 Å². The summed E-state index contributed by atoms with van der Waals surface area (Å²) in [6, 6.07) is 6.67. The molecule has 0 aliphatic rings. The molecule has 1 aromatic carbocycles. The largest absolute Gasteiger partial charge is 0.379 e. The lowest BCUT2D eigenvalue weighted by Crippen LogP contribution is -2.23. The lowest BCUT2D eigenvalue weighted by molar-refractivity contribution is 0.0128. The molecule has 0 aliphatic carbocycles. The first-order chi connectivity index (χ1) is 7.98. The number of rotatable bonds is 6. The van der Waals surface area contributed by atoms with Crippen LogP contribution in [0.3, 0.4) is 0 Å². The zero-order valence-electron chi connectivity index (χ0n) is 10.7. The van der Waals surface area contributed by atoms with Crippen LogP contribution >= 0.6 is 11.6 Å². The smallest absolute Gasteiger partial charge is 0.123 e. The molecule has 3 heteroatoms. The minimum atomic E-state index is -0.205. The highest BCUT2D eigenvalue weighted by Gasteiger charge is 2.20. The van der Waals surface area contributed by atoms with Crippen LogP contribution < -0.4 is 0 Å². The van der Waals surface area contributed by atoms with Crippen LogP contribution in [0.5, 0.6) is 0 Å². The third kappa shape index (κ3) is 4.64. The quantitative estimate of drug-likeness (QED) is 0.689. The predicted molar refractivity (Wildman–Crippen MR) is 70.2 cm³/mol. The number of hydrogen-bond donors (Lipinski definition) is 0. The minimum absolute atomic E-state index is 0.155. The van der Waals surface area contributed by atoms with Crippen molar-refractivity contribution in [2.45, 2.75) is 38.2 Å². The third-order valence-corrected chi connectivity index (χ3v) is 3.53. The SMILES string of the molecule is COC(C)(C)CCC(CCl)c1cccc(F)c1. The van der Waals surface area contributed by atoms with Gasteiger partial charge in [0, 0.05) is 13.0 Å². The second kappa shape index (κ2) is 6.36. The summed E-state index contributed by atoms with van der Waals surface area (Å²) in [7, 11) is 1.71. The fourth-order valence-corrected chi connectivity index (χ4v) is 2.05. The molecule has 1 aromatic rings. The summed E-state index contributed by atoms with van der Waals surface area (Å²) < 4.78 is 18.5. The first kappa shape index (κ1) is 14.5. The van der Waals surface area contributed by atoms with Crippen molar-refractivity contribution >= 4 is 11.6 Å². The molecule has 0 aliphatic heterocycles. The molecule has 0 bridgehead atoms. The molecule has 1 nitrogen and oxygen atoms in total. The van der Waals surface area contributed by atoms with Gasteiger partial charge in [0.05, 0.1) is 5.60 Å². The average Bonchev–Trinajstić information content (AvgIpc) is 2.30. The highest BCUT2D eigenvalue weighted by molar-refractivity contribution is 6.18. The predicted octanol–water partition coefficient (Wildman–Crippen LogP) is 4.35. The molecule has 1 unspecified atom stereocenters. The third-order valence-electron chi connectivity index (χ3n) is 3.15. The molecule has 0 fully saturated rings. The molecule has 0 N–H and O–H groups in total. The van der Waals surface area contributed by atoms with Crippen LogP contribution in [-0.4, -0.2) is 18.6 Å². The van der Waals surface area contributed by atoms with Crippen molar-refractivity contribution < 1.29 is 9.13 Å². The molecular formula is C14H20ClFO. The number of hydrogen-bond acceptors (Lipinski definition) is 1. The Labute approximate surface area is 108 Å². The summed E-state index contributed by atoms with van der Waals surface area (Å²) in [5, 5.41) is 0. The van der Waals surface area contributed by atoms with Crippen molar-refractivity contribution in [2.24, 2.45) is 0 Å². The number of ether oxygens (including phenoxy) is 1. The maximum Gasteiger partial charge on any atom is 0.123 e. The van der Waals surface area contributed by atoms with Crippen LogP contribution in [0.2, 0.25) is 0 Å². The van der Waals surface area contributed by atoms with Gasteiger partial charge in [0.2, 0.25) is 0 Å². The topological polar surface area (TPSA) is 9.23 Å². The summed E-state index contributed by atoms with van der Waals surface area (Å²) in [5.41, 5.74) is 0.810. The van der Waals surface area contributed by atoms with Crippen LogP contribution in [-0.2, 0) is 4.74 Å². The Morgan fingerprint density at radius 3 is 2.65 bits per heavy atom. The normalized spacial score (nSPS) is 13.7. The molecule has 0 heterocycles. The van der Waals surface area contributed by atoms with Gasteiger partial charge < -0.3 is 4.74 Å². The van der Waals surface area contributed by atoms with Crippen molar-refractivity contribution in [2.75, 3.05) is 13.0 Å². The number of halogens is 2. The molecule has 1 rings (SSSR count). The van der Waals surface area contributed by atoms with Gasteiger partial charge in [-0.05, 0) is 50.3 Å². The Kier molecular flexibility index (Phi) is 5.41. The van der Waals surface area contributed by atoms with E-state index < -0.39 is 0 Å². The summed E-state index contributed by atoms with van der Waals surface area (Å²) in [4.78, 5) is 0. The molecule has 0 amide bonds. The van der Waals surface area contributed by atoms with E-state index >= 15 is 0 Å². The van der Waals surface area contributed by atoms with E-state index in [0.717, 1.165) is 18.4 Å². The van der Waals surface area contributed by atoms with Crippen molar-refractivity contribution in [3.8, 4) is 0 Å².